The maximum absolute atomic E-state index is 12.7. The zero-order chi connectivity index (χ0) is 26.0. The van der Waals surface area contributed by atoms with Crippen LogP contribution in [0.2, 0.25) is 10.0 Å². The number of hydrogen-bond donors (Lipinski definition) is 1. The van der Waals surface area contributed by atoms with E-state index in [4.69, 9.17) is 27.9 Å². The highest BCUT2D eigenvalue weighted by molar-refractivity contribution is 7.92. The summed E-state index contributed by atoms with van der Waals surface area (Å²) < 4.78 is 31.5. The Bertz CT molecular complexity index is 1200. The van der Waals surface area contributed by atoms with Crippen molar-refractivity contribution in [2.75, 3.05) is 23.7 Å². The second-order valence-corrected chi connectivity index (χ2v) is 12.1. The average molecular weight is 542 g/mol. The number of carbonyl (C=O) groups excluding carboxylic acids is 2. The first-order valence-corrected chi connectivity index (χ1v) is 13.6. The predicted molar refractivity (Wildman–Crippen MR) is 138 cm³/mol. The van der Waals surface area contributed by atoms with E-state index in [1.807, 2.05) is 0 Å². The first kappa shape index (κ1) is 27.1. The van der Waals surface area contributed by atoms with Crippen molar-refractivity contribution in [3.05, 3.63) is 63.6 Å². The van der Waals surface area contributed by atoms with Gasteiger partial charge in [0.25, 0.3) is 5.91 Å². The fraction of sp³-hybridized carbons (Fsp3) is 0.417. The molecule has 2 amide bonds. The summed E-state index contributed by atoms with van der Waals surface area (Å²) in [4.78, 5) is 26.6. The third-order valence-corrected chi connectivity index (χ3v) is 7.34. The molecule has 0 aromatic heterocycles. The molecule has 0 spiro atoms. The van der Waals surface area contributed by atoms with E-state index in [9.17, 15) is 18.0 Å². The van der Waals surface area contributed by atoms with E-state index in [0.29, 0.717) is 41.3 Å². The van der Waals surface area contributed by atoms with Gasteiger partial charge in [-0.15, -0.1) is 0 Å². The largest absolute Gasteiger partial charge is 0.444 e. The summed E-state index contributed by atoms with van der Waals surface area (Å²) in [5.74, 6) is -0.309. The van der Waals surface area contributed by atoms with Gasteiger partial charge in [0.05, 0.1) is 28.5 Å². The summed E-state index contributed by atoms with van der Waals surface area (Å²) in [7, 11) is -3.64. The lowest BCUT2D eigenvalue weighted by Crippen LogP contribution is -2.40. The van der Waals surface area contributed by atoms with E-state index in [1.54, 1.807) is 68.1 Å². The minimum atomic E-state index is -3.64. The minimum absolute atomic E-state index is 0.00760. The molecule has 2 aromatic rings. The second-order valence-electron chi connectivity index (χ2n) is 9.41. The summed E-state index contributed by atoms with van der Waals surface area (Å²) >= 11 is 12.3. The summed E-state index contributed by atoms with van der Waals surface area (Å²) in [6.07, 6.45) is 1.31. The van der Waals surface area contributed by atoms with Crippen LogP contribution >= 0.6 is 23.2 Å². The molecule has 2 aromatic carbocycles. The standard InChI is InChI=1S/C24H29Cl2N3O5S/c1-24(2,3)34-23(31)28-13-12-18(15-28)27-22(30)16-8-10-19(11-9-16)29(35(4,32)33)14-17-6-5-7-20(25)21(17)26/h5-11,18H,12-15H2,1-4H3,(H,27,30). The van der Waals surface area contributed by atoms with Crippen LogP contribution in [-0.4, -0.2) is 56.3 Å². The molecular weight excluding hydrogens is 513 g/mol. The Kier molecular flexibility index (Phi) is 8.24. The molecule has 3 rings (SSSR count). The molecule has 1 fully saturated rings. The zero-order valence-corrected chi connectivity index (χ0v) is 22.4. The molecule has 0 radical (unpaired) electrons. The van der Waals surface area contributed by atoms with E-state index in [2.05, 4.69) is 5.32 Å². The summed E-state index contributed by atoms with van der Waals surface area (Å²) in [6.45, 7) is 6.26. The first-order chi connectivity index (χ1) is 16.2. The van der Waals surface area contributed by atoms with Crippen LogP contribution < -0.4 is 9.62 Å². The molecule has 1 aliphatic rings. The van der Waals surface area contributed by atoms with Crippen molar-refractivity contribution in [2.45, 2.75) is 45.4 Å². The molecule has 0 saturated carbocycles. The lowest BCUT2D eigenvalue weighted by atomic mass is 10.1. The van der Waals surface area contributed by atoms with Crippen molar-refractivity contribution in [2.24, 2.45) is 0 Å². The third-order valence-electron chi connectivity index (χ3n) is 5.34. The third kappa shape index (κ3) is 7.25. The van der Waals surface area contributed by atoms with E-state index >= 15 is 0 Å². The molecule has 1 heterocycles. The Morgan fingerprint density at radius 1 is 1.14 bits per heavy atom. The smallest absolute Gasteiger partial charge is 0.410 e. The van der Waals surface area contributed by atoms with Gasteiger partial charge >= 0.3 is 6.09 Å². The number of ether oxygens (including phenoxy) is 1. The minimum Gasteiger partial charge on any atom is -0.444 e. The normalized spacial score (nSPS) is 16.2. The molecule has 1 N–H and O–H groups in total. The van der Waals surface area contributed by atoms with Crippen LogP contribution in [0.15, 0.2) is 42.5 Å². The van der Waals surface area contributed by atoms with Gasteiger partial charge in [0, 0.05) is 24.7 Å². The van der Waals surface area contributed by atoms with Crippen LogP contribution in [0, 0.1) is 0 Å². The van der Waals surface area contributed by atoms with Gasteiger partial charge in [-0.25, -0.2) is 13.2 Å². The Balaban J connectivity index is 1.67. The number of likely N-dealkylation sites (tertiary alicyclic amines) is 1. The van der Waals surface area contributed by atoms with Gasteiger partial charge < -0.3 is 15.0 Å². The SMILES string of the molecule is CC(C)(C)OC(=O)N1CCC(NC(=O)c2ccc(N(Cc3cccc(Cl)c3Cl)S(C)(=O)=O)cc2)C1. The van der Waals surface area contributed by atoms with Crippen molar-refractivity contribution in [1.82, 2.24) is 10.2 Å². The Hall–Kier alpha value is -2.49. The molecule has 11 heteroatoms. The summed E-state index contributed by atoms with van der Waals surface area (Å²) in [5.41, 5.74) is 0.732. The van der Waals surface area contributed by atoms with Crippen molar-refractivity contribution < 1.29 is 22.7 Å². The van der Waals surface area contributed by atoms with Gasteiger partial charge in [-0.05, 0) is 63.1 Å². The summed E-state index contributed by atoms with van der Waals surface area (Å²) in [5, 5.41) is 3.55. The number of nitrogens with zero attached hydrogens (tertiary/aromatic N) is 2. The van der Waals surface area contributed by atoms with Crippen LogP contribution in [0.25, 0.3) is 0 Å². The Morgan fingerprint density at radius 3 is 2.40 bits per heavy atom. The van der Waals surface area contributed by atoms with Crippen LogP contribution in [0.4, 0.5) is 10.5 Å². The van der Waals surface area contributed by atoms with E-state index in [-0.39, 0.29) is 23.5 Å². The highest BCUT2D eigenvalue weighted by atomic mass is 35.5. The molecule has 0 bridgehead atoms. The van der Waals surface area contributed by atoms with Gasteiger partial charge in [-0.2, -0.15) is 0 Å². The van der Waals surface area contributed by atoms with Crippen molar-refractivity contribution >= 4 is 50.9 Å². The van der Waals surface area contributed by atoms with Gasteiger partial charge in [-0.1, -0.05) is 35.3 Å². The fourth-order valence-corrected chi connectivity index (χ4v) is 4.90. The zero-order valence-electron chi connectivity index (χ0n) is 20.0. The van der Waals surface area contributed by atoms with Crippen molar-refractivity contribution in [3.63, 3.8) is 0 Å². The highest BCUT2D eigenvalue weighted by Crippen LogP contribution is 2.29. The van der Waals surface area contributed by atoms with E-state index in [1.165, 1.54) is 4.31 Å². The lowest BCUT2D eigenvalue weighted by molar-refractivity contribution is 0.0290. The first-order valence-electron chi connectivity index (χ1n) is 11.0. The molecule has 1 atom stereocenters. The topological polar surface area (TPSA) is 96.0 Å². The maximum atomic E-state index is 12.7. The van der Waals surface area contributed by atoms with E-state index < -0.39 is 21.7 Å². The number of benzene rings is 2. The predicted octanol–water partition coefficient (Wildman–Crippen LogP) is 4.70. The summed E-state index contributed by atoms with van der Waals surface area (Å²) in [6, 6.07) is 11.1. The molecule has 1 aliphatic heterocycles. The number of hydrogen-bond acceptors (Lipinski definition) is 5. The molecule has 1 unspecified atom stereocenters. The van der Waals surface area contributed by atoms with Gasteiger partial charge in [0.1, 0.15) is 5.60 Å². The fourth-order valence-electron chi connectivity index (χ4n) is 3.64. The van der Waals surface area contributed by atoms with Crippen LogP contribution in [0.3, 0.4) is 0 Å². The number of anilines is 1. The average Bonchev–Trinajstić information content (AvgIpc) is 3.21. The monoisotopic (exact) mass is 541 g/mol. The molecule has 0 aliphatic carbocycles. The number of halogens is 2. The quantitative estimate of drug-likeness (QED) is 0.571. The second kappa shape index (κ2) is 10.6. The Morgan fingerprint density at radius 2 is 1.80 bits per heavy atom. The number of sulfonamides is 1. The van der Waals surface area contributed by atoms with Crippen LogP contribution in [0.1, 0.15) is 43.1 Å². The maximum Gasteiger partial charge on any atom is 0.410 e. The number of carbonyl (C=O) groups is 2. The van der Waals surface area contributed by atoms with E-state index in [0.717, 1.165) is 6.26 Å². The molecule has 35 heavy (non-hydrogen) atoms. The highest BCUT2D eigenvalue weighted by Gasteiger charge is 2.30. The molecular formula is C24H29Cl2N3O5S. The van der Waals surface area contributed by atoms with Crippen molar-refractivity contribution in [1.29, 1.82) is 0 Å². The molecule has 8 nitrogen and oxygen atoms in total. The van der Waals surface area contributed by atoms with Gasteiger partial charge in [0.15, 0.2) is 0 Å². The number of amides is 2. The Labute approximate surface area is 216 Å². The lowest BCUT2D eigenvalue weighted by Gasteiger charge is -2.24. The number of nitrogens with one attached hydrogen (secondary N) is 1. The molecule has 1 saturated heterocycles. The molecule has 190 valence electrons. The number of rotatable bonds is 6. The van der Waals surface area contributed by atoms with Crippen LogP contribution in [-0.2, 0) is 21.3 Å². The van der Waals surface area contributed by atoms with Gasteiger partial charge in [-0.3, -0.25) is 9.10 Å². The van der Waals surface area contributed by atoms with Gasteiger partial charge in [0.2, 0.25) is 10.0 Å². The van der Waals surface area contributed by atoms with Crippen molar-refractivity contribution in [3.8, 4) is 0 Å². The van der Waals surface area contributed by atoms with Crippen LogP contribution in [0.5, 0.6) is 0 Å².